The molecule has 0 saturated carbocycles. The summed E-state index contributed by atoms with van der Waals surface area (Å²) in [6, 6.07) is 17.0. The van der Waals surface area contributed by atoms with E-state index in [4.69, 9.17) is 0 Å². The van der Waals surface area contributed by atoms with Crippen LogP contribution < -0.4 is 10.6 Å². The quantitative estimate of drug-likeness (QED) is 0.695. The molecule has 2 aromatic carbocycles. The number of anilines is 1. The summed E-state index contributed by atoms with van der Waals surface area (Å²) in [5, 5.41) is 9.36. The fraction of sp³-hybridized carbons (Fsp3) is 0.150. The van der Waals surface area contributed by atoms with Gasteiger partial charge < -0.3 is 10.6 Å². The monoisotopic (exact) mass is 348 g/mol. The average Bonchev–Trinajstić information content (AvgIpc) is 3.09. The minimum absolute atomic E-state index is 0.396. The number of aromatic nitrogens is 2. The predicted octanol–water partition coefficient (Wildman–Crippen LogP) is 2.38. The molecule has 1 aromatic heterocycles. The van der Waals surface area contributed by atoms with E-state index in [9.17, 15) is 9.59 Å². The van der Waals surface area contributed by atoms with Crippen molar-refractivity contribution in [2.24, 2.45) is 7.05 Å². The van der Waals surface area contributed by atoms with Crippen LogP contribution >= 0.6 is 0 Å². The molecule has 0 saturated heterocycles. The van der Waals surface area contributed by atoms with Crippen molar-refractivity contribution in [2.45, 2.75) is 6.42 Å². The number of aryl methyl sites for hydroxylation is 1. The van der Waals surface area contributed by atoms with Crippen molar-refractivity contribution in [1.82, 2.24) is 15.1 Å². The molecule has 0 fully saturated rings. The highest BCUT2D eigenvalue weighted by molar-refractivity contribution is 6.39. The van der Waals surface area contributed by atoms with Gasteiger partial charge in [0.1, 0.15) is 0 Å². The molecular formula is C20H20N4O2. The zero-order valence-corrected chi connectivity index (χ0v) is 14.5. The number of para-hydroxylation sites is 1. The van der Waals surface area contributed by atoms with Gasteiger partial charge in [-0.05, 0) is 29.7 Å². The van der Waals surface area contributed by atoms with Crippen LogP contribution in [0.4, 0.5) is 5.69 Å². The zero-order valence-electron chi connectivity index (χ0n) is 14.5. The standard InChI is InChI=1S/C20H20N4O2/c1-24-14-17(13-22-24)16-9-7-15(8-10-16)11-12-21-19(25)20(26)23-18-5-3-2-4-6-18/h2-10,13-14H,11-12H2,1H3,(H,21,25)(H,23,26). The molecule has 0 aliphatic heterocycles. The molecule has 0 unspecified atom stereocenters. The Morgan fingerprint density at radius 1 is 0.962 bits per heavy atom. The summed E-state index contributed by atoms with van der Waals surface area (Å²) in [4.78, 5) is 23.7. The third kappa shape index (κ3) is 4.57. The normalized spacial score (nSPS) is 10.3. The Morgan fingerprint density at radius 3 is 2.35 bits per heavy atom. The first kappa shape index (κ1) is 17.4. The Bertz CT molecular complexity index is 886. The van der Waals surface area contributed by atoms with E-state index >= 15 is 0 Å². The summed E-state index contributed by atoms with van der Waals surface area (Å²) in [6.07, 6.45) is 4.43. The summed E-state index contributed by atoms with van der Waals surface area (Å²) < 4.78 is 1.76. The Kier molecular flexibility index (Phi) is 5.43. The maximum Gasteiger partial charge on any atom is 0.313 e. The molecule has 26 heavy (non-hydrogen) atoms. The Labute approximate surface area is 151 Å². The van der Waals surface area contributed by atoms with Gasteiger partial charge in [-0.3, -0.25) is 14.3 Å². The van der Waals surface area contributed by atoms with Gasteiger partial charge in [0.15, 0.2) is 0 Å². The number of carbonyl (C=O) groups is 2. The van der Waals surface area contributed by atoms with E-state index in [1.807, 2.05) is 49.8 Å². The summed E-state index contributed by atoms with van der Waals surface area (Å²) in [6.45, 7) is 0.396. The highest BCUT2D eigenvalue weighted by Gasteiger charge is 2.12. The second kappa shape index (κ2) is 8.11. The number of hydrogen-bond acceptors (Lipinski definition) is 3. The topological polar surface area (TPSA) is 76.0 Å². The van der Waals surface area contributed by atoms with Crippen molar-refractivity contribution >= 4 is 17.5 Å². The largest absolute Gasteiger partial charge is 0.347 e. The van der Waals surface area contributed by atoms with Gasteiger partial charge in [-0.1, -0.05) is 42.5 Å². The van der Waals surface area contributed by atoms with Gasteiger partial charge in [0.05, 0.1) is 6.20 Å². The lowest BCUT2D eigenvalue weighted by Crippen LogP contribution is -2.36. The molecule has 6 nitrogen and oxygen atoms in total. The van der Waals surface area contributed by atoms with Gasteiger partial charge in [-0.2, -0.15) is 5.10 Å². The molecule has 1 heterocycles. The second-order valence-electron chi connectivity index (χ2n) is 5.93. The lowest BCUT2D eigenvalue weighted by molar-refractivity contribution is -0.136. The van der Waals surface area contributed by atoms with Crippen molar-refractivity contribution in [3.05, 3.63) is 72.6 Å². The molecule has 0 aliphatic rings. The summed E-state index contributed by atoms with van der Waals surface area (Å²) >= 11 is 0. The van der Waals surface area contributed by atoms with Crippen LogP contribution in [0, 0.1) is 0 Å². The van der Waals surface area contributed by atoms with E-state index in [2.05, 4.69) is 15.7 Å². The third-order valence-electron chi connectivity index (χ3n) is 3.93. The number of hydrogen-bond donors (Lipinski definition) is 2. The van der Waals surface area contributed by atoms with E-state index in [1.165, 1.54) is 0 Å². The number of benzene rings is 2. The fourth-order valence-electron chi connectivity index (χ4n) is 2.54. The lowest BCUT2D eigenvalue weighted by atomic mass is 10.1. The third-order valence-corrected chi connectivity index (χ3v) is 3.93. The Balaban J connectivity index is 1.47. The van der Waals surface area contributed by atoms with Crippen LogP contribution in [0.15, 0.2) is 67.0 Å². The van der Waals surface area contributed by atoms with Gasteiger partial charge >= 0.3 is 11.8 Å². The molecule has 2 N–H and O–H groups in total. The molecule has 0 radical (unpaired) electrons. The summed E-state index contributed by atoms with van der Waals surface area (Å²) in [5.41, 5.74) is 3.83. The molecule has 0 atom stereocenters. The number of nitrogens with one attached hydrogen (secondary N) is 2. The van der Waals surface area contributed by atoms with E-state index in [1.54, 1.807) is 28.9 Å². The highest BCUT2D eigenvalue weighted by atomic mass is 16.2. The number of rotatable bonds is 5. The molecule has 0 aliphatic carbocycles. The number of amides is 2. The number of carbonyl (C=O) groups excluding carboxylic acids is 2. The van der Waals surface area contributed by atoms with E-state index in [-0.39, 0.29) is 0 Å². The molecule has 0 bridgehead atoms. The maximum absolute atomic E-state index is 11.8. The van der Waals surface area contributed by atoms with Crippen molar-refractivity contribution in [1.29, 1.82) is 0 Å². The second-order valence-corrected chi connectivity index (χ2v) is 5.93. The molecule has 3 aromatic rings. The smallest absolute Gasteiger partial charge is 0.313 e. The van der Waals surface area contributed by atoms with Gasteiger partial charge in [0.2, 0.25) is 0 Å². The van der Waals surface area contributed by atoms with E-state index in [0.717, 1.165) is 16.7 Å². The lowest BCUT2D eigenvalue weighted by Gasteiger charge is -2.07. The van der Waals surface area contributed by atoms with Crippen LogP contribution in [0.1, 0.15) is 5.56 Å². The van der Waals surface area contributed by atoms with Crippen LogP contribution in [0.2, 0.25) is 0 Å². The maximum atomic E-state index is 11.8. The molecule has 3 rings (SSSR count). The first-order chi connectivity index (χ1) is 12.6. The summed E-state index contributed by atoms with van der Waals surface area (Å²) in [7, 11) is 1.88. The SMILES string of the molecule is Cn1cc(-c2ccc(CCNC(=O)C(=O)Nc3ccccc3)cc2)cn1. The van der Waals surface area contributed by atoms with Crippen LogP contribution in [-0.2, 0) is 23.1 Å². The fourth-order valence-corrected chi connectivity index (χ4v) is 2.54. The first-order valence-electron chi connectivity index (χ1n) is 8.34. The van der Waals surface area contributed by atoms with Crippen molar-refractivity contribution in [3.63, 3.8) is 0 Å². The molecule has 2 amide bonds. The molecule has 6 heteroatoms. The van der Waals surface area contributed by atoms with Crippen LogP contribution in [-0.4, -0.2) is 28.1 Å². The average molecular weight is 348 g/mol. The predicted molar refractivity (Wildman–Crippen MR) is 100 cm³/mol. The number of nitrogens with zero attached hydrogens (tertiary/aromatic N) is 2. The zero-order chi connectivity index (χ0) is 18.4. The minimum atomic E-state index is -0.664. The highest BCUT2D eigenvalue weighted by Crippen LogP contribution is 2.18. The minimum Gasteiger partial charge on any atom is -0.347 e. The first-order valence-corrected chi connectivity index (χ1v) is 8.34. The van der Waals surface area contributed by atoms with Crippen LogP contribution in [0.5, 0.6) is 0 Å². The summed E-state index contributed by atoms with van der Waals surface area (Å²) in [5.74, 6) is -1.30. The van der Waals surface area contributed by atoms with E-state index < -0.39 is 11.8 Å². The van der Waals surface area contributed by atoms with Crippen molar-refractivity contribution in [3.8, 4) is 11.1 Å². The Morgan fingerprint density at radius 2 is 1.69 bits per heavy atom. The van der Waals surface area contributed by atoms with Gasteiger partial charge in [0, 0.05) is 31.0 Å². The molecule has 132 valence electrons. The van der Waals surface area contributed by atoms with Gasteiger partial charge in [-0.25, -0.2) is 0 Å². The van der Waals surface area contributed by atoms with Crippen molar-refractivity contribution < 1.29 is 9.59 Å². The van der Waals surface area contributed by atoms with Crippen LogP contribution in [0.25, 0.3) is 11.1 Å². The van der Waals surface area contributed by atoms with Crippen molar-refractivity contribution in [2.75, 3.05) is 11.9 Å². The molecular weight excluding hydrogens is 328 g/mol. The van der Waals surface area contributed by atoms with Gasteiger partial charge in [0.25, 0.3) is 0 Å². The van der Waals surface area contributed by atoms with E-state index in [0.29, 0.717) is 18.7 Å². The van der Waals surface area contributed by atoms with Gasteiger partial charge in [-0.15, -0.1) is 0 Å². The molecule has 0 spiro atoms. The van der Waals surface area contributed by atoms with Crippen LogP contribution in [0.3, 0.4) is 0 Å². The Hall–Kier alpha value is -3.41.